The lowest BCUT2D eigenvalue weighted by molar-refractivity contribution is -0.384. The molecular formula is C17H14BrNO7. The van der Waals surface area contributed by atoms with Crippen LogP contribution in [0.2, 0.25) is 0 Å². The number of carbonyl (C=O) groups excluding carboxylic acids is 3. The molecule has 0 aromatic heterocycles. The molecule has 26 heavy (non-hydrogen) atoms. The summed E-state index contributed by atoms with van der Waals surface area (Å²) in [6.07, 6.45) is 0.531. The number of nitro groups is 1. The van der Waals surface area contributed by atoms with Crippen molar-refractivity contribution in [3.8, 4) is 0 Å². The first-order valence-corrected chi connectivity index (χ1v) is 9.09. The summed E-state index contributed by atoms with van der Waals surface area (Å²) >= 11 is 3.51. The SMILES string of the molecule is O=C(COC(=O)[C@@H]1[C@H]2C[C@H]3[C@H](OC(=O)[C@@H]31)[C@@H]2Br)c1cccc([N+](=O)[O-])c1. The largest absolute Gasteiger partial charge is 0.461 e. The molecule has 0 N–H and O–H groups in total. The number of Topliss-reactive ketones (excluding diaryl/α,β-unsaturated/α-hetero) is 1. The van der Waals surface area contributed by atoms with E-state index in [0.717, 1.165) is 12.5 Å². The number of hydrogen-bond donors (Lipinski definition) is 0. The second-order valence-corrected chi connectivity index (χ2v) is 7.86. The lowest BCUT2D eigenvalue weighted by Crippen LogP contribution is -2.39. The van der Waals surface area contributed by atoms with E-state index < -0.39 is 35.1 Å². The van der Waals surface area contributed by atoms with E-state index >= 15 is 0 Å². The zero-order valence-corrected chi connectivity index (χ0v) is 15.0. The van der Waals surface area contributed by atoms with Crippen molar-refractivity contribution in [3.63, 3.8) is 0 Å². The van der Waals surface area contributed by atoms with Gasteiger partial charge in [-0.15, -0.1) is 0 Å². The zero-order valence-electron chi connectivity index (χ0n) is 13.4. The third kappa shape index (κ3) is 2.53. The number of ketones is 1. The fraction of sp³-hybridized carbons (Fsp3) is 0.471. The summed E-state index contributed by atoms with van der Waals surface area (Å²) in [5.74, 6) is -2.66. The molecule has 1 heterocycles. The monoisotopic (exact) mass is 423 g/mol. The van der Waals surface area contributed by atoms with E-state index in [-0.39, 0.29) is 40.0 Å². The molecule has 136 valence electrons. The Morgan fingerprint density at radius 1 is 1.35 bits per heavy atom. The number of rotatable bonds is 5. The number of hydrogen-bond acceptors (Lipinski definition) is 7. The second kappa shape index (κ2) is 6.15. The third-order valence-electron chi connectivity index (χ3n) is 5.52. The quantitative estimate of drug-likeness (QED) is 0.233. The van der Waals surface area contributed by atoms with Crippen molar-refractivity contribution in [1.82, 2.24) is 0 Å². The summed E-state index contributed by atoms with van der Waals surface area (Å²) in [6, 6.07) is 5.23. The Morgan fingerprint density at radius 2 is 2.12 bits per heavy atom. The summed E-state index contributed by atoms with van der Waals surface area (Å²) in [4.78, 5) is 46.8. The molecule has 0 spiro atoms. The number of nitro benzene ring substituents is 1. The standard InChI is InChI=1S/C17H14BrNO7/c18-14-9-5-10-13(17(22)26-15(10)14)12(9)16(21)25-6-11(20)7-2-1-3-8(4-7)19(23)24/h1-4,9-10,12-15H,5-6H2/t9-,10-,12-,13+,14-,15+/m1/s1. The summed E-state index contributed by atoms with van der Waals surface area (Å²) in [5, 5.41) is 10.8. The highest BCUT2D eigenvalue weighted by Gasteiger charge is 2.68. The summed E-state index contributed by atoms with van der Waals surface area (Å²) < 4.78 is 10.5. The predicted molar refractivity (Wildman–Crippen MR) is 89.6 cm³/mol. The molecule has 3 fully saturated rings. The van der Waals surface area contributed by atoms with Crippen LogP contribution in [-0.4, -0.2) is 40.2 Å². The van der Waals surface area contributed by atoms with Crippen molar-refractivity contribution in [3.05, 3.63) is 39.9 Å². The predicted octanol–water partition coefficient (Wildman–Crippen LogP) is 1.89. The van der Waals surface area contributed by atoms with Gasteiger partial charge >= 0.3 is 11.9 Å². The number of nitrogens with zero attached hydrogens (tertiary/aromatic N) is 1. The topological polar surface area (TPSA) is 113 Å². The Labute approximate surface area is 156 Å². The number of fused-ring (bicyclic) bond motifs is 1. The first-order valence-electron chi connectivity index (χ1n) is 8.17. The Bertz CT molecular complexity index is 825. The van der Waals surface area contributed by atoms with E-state index in [0.29, 0.717) is 0 Å². The van der Waals surface area contributed by atoms with Crippen molar-refractivity contribution >= 4 is 39.3 Å². The molecule has 4 rings (SSSR count). The van der Waals surface area contributed by atoms with Crippen LogP contribution in [0.3, 0.4) is 0 Å². The van der Waals surface area contributed by atoms with Crippen LogP contribution in [0.15, 0.2) is 24.3 Å². The van der Waals surface area contributed by atoms with Crippen LogP contribution < -0.4 is 0 Å². The molecule has 8 nitrogen and oxygen atoms in total. The highest BCUT2D eigenvalue weighted by atomic mass is 79.9. The van der Waals surface area contributed by atoms with Crippen LogP contribution >= 0.6 is 15.9 Å². The van der Waals surface area contributed by atoms with Crippen molar-refractivity contribution in [2.24, 2.45) is 23.7 Å². The number of halogens is 1. The Morgan fingerprint density at radius 3 is 2.85 bits per heavy atom. The van der Waals surface area contributed by atoms with Crippen molar-refractivity contribution in [2.75, 3.05) is 6.61 Å². The van der Waals surface area contributed by atoms with Crippen molar-refractivity contribution in [1.29, 1.82) is 0 Å². The van der Waals surface area contributed by atoms with Crippen LogP contribution in [0.4, 0.5) is 5.69 Å². The van der Waals surface area contributed by atoms with Crippen LogP contribution in [0.25, 0.3) is 0 Å². The van der Waals surface area contributed by atoms with Gasteiger partial charge in [0.2, 0.25) is 5.78 Å². The van der Waals surface area contributed by atoms with Gasteiger partial charge in [0, 0.05) is 23.6 Å². The van der Waals surface area contributed by atoms with Gasteiger partial charge in [-0.1, -0.05) is 28.1 Å². The molecule has 0 radical (unpaired) electrons. The van der Waals surface area contributed by atoms with E-state index in [2.05, 4.69) is 15.9 Å². The maximum absolute atomic E-state index is 12.5. The van der Waals surface area contributed by atoms with E-state index in [1.165, 1.54) is 18.2 Å². The number of esters is 2. The van der Waals surface area contributed by atoms with Crippen molar-refractivity contribution in [2.45, 2.75) is 17.4 Å². The third-order valence-corrected chi connectivity index (χ3v) is 6.72. The van der Waals surface area contributed by atoms with Gasteiger partial charge in [-0.2, -0.15) is 0 Å². The van der Waals surface area contributed by atoms with Crippen LogP contribution in [0.1, 0.15) is 16.8 Å². The van der Waals surface area contributed by atoms with Gasteiger partial charge in [-0.3, -0.25) is 24.5 Å². The molecule has 0 amide bonds. The molecule has 6 atom stereocenters. The van der Waals surface area contributed by atoms with Gasteiger partial charge in [0.1, 0.15) is 6.10 Å². The number of alkyl halides is 1. The molecule has 1 aromatic carbocycles. The highest BCUT2D eigenvalue weighted by Crippen LogP contribution is 2.60. The second-order valence-electron chi connectivity index (χ2n) is 6.80. The molecule has 9 heteroatoms. The summed E-state index contributed by atoms with van der Waals surface area (Å²) in [6.45, 7) is -0.522. The minimum absolute atomic E-state index is 0.0156. The Hall–Kier alpha value is -2.29. The Kier molecular flexibility index (Phi) is 4.06. The van der Waals surface area contributed by atoms with E-state index in [4.69, 9.17) is 9.47 Å². The number of non-ortho nitro benzene ring substituents is 1. The first-order chi connectivity index (χ1) is 12.4. The van der Waals surface area contributed by atoms with Gasteiger partial charge in [0.15, 0.2) is 6.61 Å². The lowest BCUT2D eigenvalue weighted by atomic mass is 9.80. The minimum Gasteiger partial charge on any atom is -0.461 e. The zero-order chi connectivity index (χ0) is 18.6. The Balaban J connectivity index is 1.43. The van der Waals surface area contributed by atoms with E-state index in [1.54, 1.807) is 0 Å². The highest BCUT2D eigenvalue weighted by molar-refractivity contribution is 9.09. The molecule has 1 aliphatic heterocycles. The van der Waals surface area contributed by atoms with Crippen LogP contribution in [0, 0.1) is 33.8 Å². The van der Waals surface area contributed by atoms with E-state index in [1.807, 2.05) is 0 Å². The maximum atomic E-state index is 12.5. The lowest BCUT2D eigenvalue weighted by Gasteiger charge is -2.26. The molecule has 2 saturated carbocycles. The number of carbonyl (C=O) groups is 3. The smallest absolute Gasteiger partial charge is 0.310 e. The van der Waals surface area contributed by atoms with Gasteiger partial charge in [0.05, 0.1) is 21.6 Å². The van der Waals surface area contributed by atoms with Gasteiger partial charge < -0.3 is 9.47 Å². The van der Waals surface area contributed by atoms with Gasteiger partial charge in [-0.05, 0) is 12.3 Å². The molecule has 3 aliphatic rings. The average molecular weight is 424 g/mol. The molecule has 2 bridgehead atoms. The maximum Gasteiger partial charge on any atom is 0.310 e. The average Bonchev–Trinajstić information content (AvgIpc) is 3.23. The van der Waals surface area contributed by atoms with Crippen LogP contribution in [-0.2, 0) is 19.1 Å². The number of ether oxygens (including phenoxy) is 2. The van der Waals surface area contributed by atoms with Crippen LogP contribution in [0.5, 0.6) is 0 Å². The molecule has 1 saturated heterocycles. The van der Waals surface area contributed by atoms with Crippen molar-refractivity contribution < 1.29 is 28.8 Å². The summed E-state index contributed by atoms with van der Waals surface area (Å²) in [5.41, 5.74) is -0.115. The fourth-order valence-electron chi connectivity index (χ4n) is 4.40. The van der Waals surface area contributed by atoms with Gasteiger partial charge in [0.25, 0.3) is 5.69 Å². The normalized spacial score (nSPS) is 33.8. The van der Waals surface area contributed by atoms with Gasteiger partial charge in [-0.25, -0.2) is 0 Å². The molecular weight excluding hydrogens is 410 g/mol. The molecule has 1 aromatic rings. The summed E-state index contributed by atoms with van der Waals surface area (Å²) in [7, 11) is 0. The number of benzene rings is 1. The molecule has 0 unspecified atom stereocenters. The molecule has 2 aliphatic carbocycles. The van der Waals surface area contributed by atoms with E-state index in [9.17, 15) is 24.5 Å². The minimum atomic E-state index is -0.617. The first kappa shape index (κ1) is 17.1. The fourth-order valence-corrected chi connectivity index (χ4v) is 5.45.